The van der Waals surface area contributed by atoms with Gasteiger partial charge in [0.15, 0.2) is 11.5 Å². The molecule has 4 atom stereocenters. The van der Waals surface area contributed by atoms with Crippen LogP contribution in [0.25, 0.3) is 0 Å². The minimum atomic E-state index is -0.831. The molecule has 3 unspecified atom stereocenters. The summed E-state index contributed by atoms with van der Waals surface area (Å²) in [5, 5.41) is 2.91. The van der Waals surface area contributed by atoms with Crippen molar-refractivity contribution in [3.8, 4) is 23.0 Å². The number of methoxy groups -OCH3 is 4. The number of hydrogen-bond acceptors (Lipinski definition) is 7. The molecule has 0 aromatic heterocycles. The third-order valence-electron chi connectivity index (χ3n) is 6.70. The molecule has 2 saturated heterocycles. The molecule has 2 fully saturated rings. The molecule has 34 heavy (non-hydrogen) atoms. The summed E-state index contributed by atoms with van der Waals surface area (Å²) in [7, 11) is 6.10. The SMILES string of the molecule is COc1cccc(N2C[C@@]34C=CC(O3)C(C(=O)Nc3cc(OC)c(OC)c(OC)c3)C4C2=O)c1. The van der Waals surface area contributed by atoms with E-state index < -0.39 is 23.5 Å². The van der Waals surface area contributed by atoms with Gasteiger partial charge < -0.3 is 33.9 Å². The van der Waals surface area contributed by atoms with Crippen LogP contribution in [-0.2, 0) is 14.3 Å². The van der Waals surface area contributed by atoms with Gasteiger partial charge in [-0.05, 0) is 12.1 Å². The highest BCUT2D eigenvalue weighted by molar-refractivity contribution is 6.05. The van der Waals surface area contributed by atoms with Gasteiger partial charge in [0.1, 0.15) is 11.4 Å². The molecule has 2 amide bonds. The van der Waals surface area contributed by atoms with Crippen molar-refractivity contribution in [2.45, 2.75) is 11.7 Å². The molecule has 9 nitrogen and oxygen atoms in total. The molecule has 9 heteroatoms. The van der Waals surface area contributed by atoms with E-state index in [1.54, 1.807) is 30.2 Å². The van der Waals surface area contributed by atoms with Gasteiger partial charge in [-0.3, -0.25) is 9.59 Å². The Balaban J connectivity index is 1.43. The Morgan fingerprint density at radius 2 is 1.79 bits per heavy atom. The van der Waals surface area contributed by atoms with E-state index in [0.29, 0.717) is 40.9 Å². The highest BCUT2D eigenvalue weighted by Gasteiger charge is 2.67. The second-order valence-electron chi connectivity index (χ2n) is 8.43. The van der Waals surface area contributed by atoms with Crippen molar-refractivity contribution >= 4 is 23.2 Å². The Morgan fingerprint density at radius 1 is 1.06 bits per heavy atom. The van der Waals surface area contributed by atoms with Crippen molar-refractivity contribution in [1.82, 2.24) is 0 Å². The van der Waals surface area contributed by atoms with Crippen LogP contribution in [0.5, 0.6) is 23.0 Å². The number of hydrogen-bond donors (Lipinski definition) is 1. The minimum Gasteiger partial charge on any atom is -0.497 e. The number of nitrogens with zero attached hydrogens (tertiary/aromatic N) is 1. The summed E-state index contributed by atoms with van der Waals surface area (Å²) in [4.78, 5) is 28.7. The zero-order chi connectivity index (χ0) is 24.0. The standard InChI is InChI=1S/C25H26N2O7/c1-30-16-7-5-6-15(12-16)27-13-25-9-8-17(34-25)20(21(25)24(27)29)23(28)26-14-10-18(31-2)22(33-4)19(11-14)32-3/h5-12,17,20-21H,13H2,1-4H3,(H,26,28)/t17?,20?,21?,25-/m1/s1. The summed E-state index contributed by atoms with van der Waals surface area (Å²) in [5.41, 5.74) is 0.343. The lowest BCUT2D eigenvalue weighted by atomic mass is 9.77. The first kappa shape index (κ1) is 22.1. The molecule has 2 bridgehead atoms. The smallest absolute Gasteiger partial charge is 0.234 e. The molecule has 5 rings (SSSR count). The van der Waals surface area contributed by atoms with Crippen molar-refractivity contribution in [2.24, 2.45) is 11.8 Å². The van der Waals surface area contributed by atoms with Gasteiger partial charge in [-0.2, -0.15) is 0 Å². The van der Waals surface area contributed by atoms with Crippen LogP contribution < -0.4 is 29.2 Å². The maximum Gasteiger partial charge on any atom is 0.234 e. The number of rotatable bonds is 7. The van der Waals surface area contributed by atoms with E-state index in [4.69, 9.17) is 23.7 Å². The zero-order valence-electron chi connectivity index (χ0n) is 19.4. The quantitative estimate of drug-likeness (QED) is 0.627. The lowest BCUT2D eigenvalue weighted by Gasteiger charge is -2.24. The molecule has 178 valence electrons. The van der Waals surface area contributed by atoms with Crippen LogP contribution in [0.1, 0.15) is 0 Å². The molecule has 0 radical (unpaired) electrons. The van der Waals surface area contributed by atoms with Crippen LogP contribution in [0.15, 0.2) is 48.6 Å². The van der Waals surface area contributed by atoms with Crippen molar-refractivity contribution in [1.29, 1.82) is 0 Å². The Bertz CT molecular complexity index is 1150. The molecule has 3 aliphatic rings. The van der Waals surface area contributed by atoms with E-state index in [1.807, 2.05) is 30.4 Å². The summed E-state index contributed by atoms with van der Waals surface area (Å²) in [6.45, 7) is 0.338. The summed E-state index contributed by atoms with van der Waals surface area (Å²) < 4.78 is 27.6. The van der Waals surface area contributed by atoms with Crippen LogP contribution in [0.3, 0.4) is 0 Å². The van der Waals surface area contributed by atoms with Gasteiger partial charge in [0.2, 0.25) is 17.6 Å². The molecular weight excluding hydrogens is 440 g/mol. The first-order valence-electron chi connectivity index (χ1n) is 10.9. The zero-order valence-corrected chi connectivity index (χ0v) is 19.4. The van der Waals surface area contributed by atoms with Crippen LogP contribution >= 0.6 is 0 Å². The molecule has 2 aromatic carbocycles. The Hall–Kier alpha value is -3.72. The maximum atomic E-state index is 13.6. The third-order valence-corrected chi connectivity index (χ3v) is 6.70. The average molecular weight is 466 g/mol. The lowest BCUT2D eigenvalue weighted by Crippen LogP contribution is -2.41. The number of benzene rings is 2. The van der Waals surface area contributed by atoms with Gasteiger partial charge in [0.05, 0.1) is 52.9 Å². The minimum absolute atomic E-state index is 0.148. The number of anilines is 2. The lowest BCUT2D eigenvalue weighted by molar-refractivity contribution is -0.128. The second-order valence-corrected chi connectivity index (χ2v) is 8.43. The predicted octanol–water partition coefficient (Wildman–Crippen LogP) is 2.65. The molecule has 3 aliphatic heterocycles. The fourth-order valence-electron chi connectivity index (χ4n) is 5.17. The van der Waals surface area contributed by atoms with Gasteiger partial charge in [0.25, 0.3) is 0 Å². The van der Waals surface area contributed by atoms with Crippen molar-refractivity contribution in [2.75, 3.05) is 45.2 Å². The largest absolute Gasteiger partial charge is 0.497 e. The van der Waals surface area contributed by atoms with Gasteiger partial charge in [0, 0.05) is 29.6 Å². The number of nitrogens with one attached hydrogen (secondary N) is 1. The first-order valence-corrected chi connectivity index (χ1v) is 10.9. The number of ether oxygens (including phenoxy) is 5. The fraction of sp³-hybridized carbons (Fsp3) is 0.360. The van der Waals surface area contributed by atoms with E-state index in [2.05, 4.69) is 5.32 Å². The van der Waals surface area contributed by atoms with E-state index in [1.165, 1.54) is 21.3 Å². The average Bonchev–Trinajstić information content (AvgIpc) is 3.51. The predicted molar refractivity (Wildman–Crippen MR) is 124 cm³/mol. The summed E-state index contributed by atoms with van der Waals surface area (Å²) in [5.74, 6) is 0.146. The normalized spacial score (nSPS) is 26.4. The maximum absolute atomic E-state index is 13.6. The monoisotopic (exact) mass is 466 g/mol. The van der Waals surface area contributed by atoms with Crippen LogP contribution in [0, 0.1) is 11.8 Å². The van der Waals surface area contributed by atoms with E-state index in [-0.39, 0.29) is 11.8 Å². The third kappa shape index (κ3) is 3.27. The number of carbonyl (C=O) groups excluding carboxylic acids is 2. The number of carbonyl (C=O) groups is 2. The highest BCUT2D eigenvalue weighted by atomic mass is 16.5. The van der Waals surface area contributed by atoms with Gasteiger partial charge in [-0.1, -0.05) is 18.2 Å². The van der Waals surface area contributed by atoms with E-state index in [0.717, 1.165) is 0 Å². The molecule has 0 saturated carbocycles. The fourth-order valence-corrected chi connectivity index (χ4v) is 5.17. The Labute approximate surface area is 197 Å². The van der Waals surface area contributed by atoms with E-state index >= 15 is 0 Å². The number of fused-ring (bicyclic) bond motifs is 1. The second kappa shape index (κ2) is 8.25. The van der Waals surface area contributed by atoms with Crippen LogP contribution in [0.4, 0.5) is 11.4 Å². The molecule has 0 aliphatic carbocycles. The van der Waals surface area contributed by atoms with Gasteiger partial charge in [-0.15, -0.1) is 0 Å². The van der Waals surface area contributed by atoms with Gasteiger partial charge in [-0.25, -0.2) is 0 Å². The summed E-state index contributed by atoms with van der Waals surface area (Å²) >= 11 is 0. The number of amides is 2. The Morgan fingerprint density at radius 3 is 2.44 bits per heavy atom. The first-order chi connectivity index (χ1) is 16.4. The molecule has 1 spiro atoms. The molecule has 3 heterocycles. The highest BCUT2D eigenvalue weighted by Crippen LogP contribution is 2.53. The van der Waals surface area contributed by atoms with Crippen molar-refractivity contribution in [3.63, 3.8) is 0 Å². The van der Waals surface area contributed by atoms with Crippen LogP contribution in [-0.4, -0.2) is 58.5 Å². The van der Waals surface area contributed by atoms with Crippen LogP contribution in [0.2, 0.25) is 0 Å². The summed E-state index contributed by atoms with van der Waals surface area (Å²) in [6, 6.07) is 10.6. The molecule has 1 N–H and O–H groups in total. The van der Waals surface area contributed by atoms with E-state index in [9.17, 15) is 9.59 Å². The topological polar surface area (TPSA) is 95.6 Å². The van der Waals surface area contributed by atoms with Crippen molar-refractivity contribution < 1.29 is 33.3 Å². The van der Waals surface area contributed by atoms with Gasteiger partial charge >= 0.3 is 0 Å². The molecular formula is C25H26N2O7. The molecule has 2 aromatic rings. The summed E-state index contributed by atoms with van der Waals surface area (Å²) in [6.07, 6.45) is 3.32. The Kier molecular flexibility index (Phi) is 5.36. The van der Waals surface area contributed by atoms with Crippen molar-refractivity contribution in [3.05, 3.63) is 48.6 Å².